The lowest BCUT2D eigenvalue weighted by molar-refractivity contribution is -0.115. The summed E-state index contributed by atoms with van der Waals surface area (Å²) in [5.74, 6) is -0.325. The van der Waals surface area contributed by atoms with Gasteiger partial charge in [0, 0.05) is 13.6 Å². The molecule has 1 amide bonds. The van der Waals surface area contributed by atoms with E-state index in [0.717, 1.165) is 38.5 Å². The Bertz CT molecular complexity index is 927. The smallest absolute Gasteiger partial charge is 0.239 e. The molecule has 2 aromatic rings. The third-order valence-electron chi connectivity index (χ3n) is 5.68. The Kier molecular flexibility index (Phi) is 7.92. The lowest BCUT2D eigenvalue weighted by atomic mass is 10.0. The zero-order valence-electron chi connectivity index (χ0n) is 18.6. The Labute approximate surface area is 183 Å². The van der Waals surface area contributed by atoms with Gasteiger partial charge < -0.3 is 15.5 Å². The Balaban J connectivity index is 1.53. The summed E-state index contributed by atoms with van der Waals surface area (Å²) in [5, 5.41) is 10.2. The summed E-state index contributed by atoms with van der Waals surface area (Å²) in [6, 6.07) is 5.81. The van der Waals surface area contributed by atoms with Crippen molar-refractivity contribution in [1.82, 2.24) is 20.0 Å². The molecule has 2 N–H and O–H groups in total. The number of aromatic nitrogens is 2. The van der Waals surface area contributed by atoms with Crippen LogP contribution in [0, 0.1) is 18.7 Å². The van der Waals surface area contributed by atoms with Crippen LogP contribution in [-0.2, 0) is 11.8 Å². The van der Waals surface area contributed by atoms with Gasteiger partial charge in [0.2, 0.25) is 11.7 Å². The van der Waals surface area contributed by atoms with Crippen LogP contribution in [0.4, 0.5) is 10.2 Å². The number of benzene rings is 1. The van der Waals surface area contributed by atoms with Crippen molar-refractivity contribution in [3.63, 3.8) is 0 Å². The highest BCUT2D eigenvalue weighted by atomic mass is 19.1. The number of rotatable bonds is 9. The molecule has 1 aromatic heterocycles. The number of likely N-dealkylation sites (tertiary alicyclic amines) is 1. The first-order valence-corrected chi connectivity index (χ1v) is 10.9. The topological polar surface area (TPSA) is 79.3 Å². The maximum atomic E-state index is 14.1. The van der Waals surface area contributed by atoms with Crippen molar-refractivity contribution >= 4 is 17.5 Å². The number of amides is 1. The zero-order chi connectivity index (χ0) is 22.4. The molecule has 0 bridgehead atoms. The fourth-order valence-electron chi connectivity index (χ4n) is 4.15. The Morgan fingerprint density at radius 1 is 1.29 bits per heavy atom. The molecule has 0 spiro atoms. The normalized spacial score (nSPS) is 17.0. The van der Waals surface area contributed by atoms with E-state index >= 15 is 0 Å². The average molecular weight is 430 g/mol. The van der Waals surface area contributed by atoms with Gasteiger partial charge in [-0.2, -0.15) is 5.10 Å². The van der Waals surface area contributed by atoms with Crippen LogP contribution in [0.25, 0.3) is 0 Å². The second kappa shape index (κ2) is 10.6. The van der Waals surface area contributed by atoms with E-state index in [0.29, 0.717) is 5.69 Å². The quantitative estimate of drug-likeness (QED) is 0.473. The van der Waals surface area contributed by atoms with Gasteiger partial charge in [-0.1, -0.05) is 19.1 Å². The minimum absolute atomic E-state index is 0.0424. The lowest BCUT2D eigenvalue weighted by Crippen LogP contribution is -2.36. The van der Waals surface area contributed by atoms with Gasteiger partial charge in [-0.05, 0) is 63.9 Å². The molecule has 0 saturated carbocycles. The van der Waals surface area contributed by atoms with Gasteiger partial charge in [-0.15, -0.1) is 0 Å². The number of carbonyl (C=O) groups is 2. The summed E-state index contributed by atoms with van der Waals surface area (Å²) >= 11 is 0. The minimum atomic E-state index is -0.599. The molecule has 168 valence electrons. The second-order valence-corrected chi connectivity index (χ2v) is 8.37. The third-order valence-corrected chi connectivity index (χ3v) is 5.68. The van der Waals surface area contributed by atoms with Crippen LogP contribution in [0.5, 0.6) is 0 Å². The summed E-state index contributed by atoms with van der Waals surface area (Å²) in [5.41, 5.74) is 0.606. The van der Waals surface area contributed by atoms with Crippen molar-refractivity contribution in [2.75, 3.05) is 38.0 Å². The van der Waals surface area contributed by atoms with Crippen LogP contribution < -0.4 is 10.6 Å². The fourth-order valence-corrected chi connectivity index (χ4v) is 4.15. The highest BCUT2D eigenvalue weighted by Gasteiger charge is 2.24. The van der Waals surface area contributed by atoms with E-state index in [1.807, 2.05) is 0 Å². The maximum Gasteiger partial charge on any atom is 0.239 e. The summed E-state index contributed by atoms with van der Waals surface area (Å²) in [7, 11) is 1.65. The van der Waals surface area contributed by atoms with Crippen LogP contribution >= 0.6 is 0 Å². The van der Waals surface area contributed by atoms with Crippen LogP contribution in [0.15, 0.2) is 24.3 Å². The molecule has 8 heteroatoms. The molecule has 3 rings (SSSR count). The van der Waals surface area contributed by atoms with E-state index in [9.17, 15) is 14.0 Å². The molecule has 31 heavy (non-hydrogen) atoms. The predicted molar refractivity (Wildman–Crippen MR) is 119 cm³/mol. The van der Waals surface area contributed by atoms with Crippen LogP contribution in [0.1, 0.15) is 47.8 Å². The van der Waals surface area contributed by atoms with Gasteiger partial charge in [0.1, 0.15) is 11.6 Å². The minimum Gasteiger partial charge on any atom is -0.309 e. The molecule has 1 unspecified atom stereocenters. The number of anilines is 1. The van der Waals surface area contributed by atoms with E-state index in [1.54, 1.807) is 20.0 Å². The monoisotopic (exact) mass is 429 g/mol. The first-order chi connectivity index (χ1) is 14.9. The first kappa shape index (κ1) is 23.1. The van der Waals surface area contributed by atoms with E-state index in [4.69, 9.17) is 0 Å². The van der Waals surface area contributed by atoms with Gasteiger partial charge in [0.25, 0.3) is 0 Å². The third kappa shape index (κ3) is 5.98. The number of piperidine rings is 1. The van der Waals surface area contributed by atoms with Crippen LogP contribution in [0.3, 0.4) is 0 Å². The molecule has 1 aliphatic rings. The number of ketones is 1. The van der Waals surface area contributed by atoms with Gasteiger partial charge >= 0.3 is 0 Å². The number of hydrogen-bond acceptors (Lipinski definition) is 5. The number of carbonyl (C=O) groups excluding carboxylic acids is 2. The van der Waals surface area contributed by atoms with Crippen molar-refractivity contribution in [2.45, 2.75) is 33.1 Å². The Morgan fingerprint density at radius 3 is 2.81 bits per heavy atom. The van der Waals surface area contributed by atoms with Crippen LogP contribution in [0.2, 0.25) is 0 Å². The van der Waals surface area contributed by atoms with Gasteiger partial charge in [0.05, 0.1) is 23.4 Å². The number of hydrogen-bond donors (Lipinski definition) is 2. The van der Waals surface area contributed by atoms with Crippen molar-refractivity contribution < 1.29 is 14.0 Å². The van der Waals surface area contributed by atoms with Crippen molar-refractivity contribution in [3.05, 3.63) is 46.9 Å². The van der Waals surface area contributed by atoms with Gasteiger partial charge in [0.15, 0.2) is 0 Å². The molecular weight excluding hydrogens is 397 g/mol. The van der Waals surface area contributed by atoms with Gasteiger partial charge in [-0.25, -0.2) is 4.39 Å². The van der Waals surface area contributed by atoms with Crippen molar-refractivity contribution in [2.24, 2.45) is 13.0 Å². The molecule has 1 fully saturated rings. The molecule has 2 heterocycles. The number of nitrogens with zero attached hydrogens (tertiary/aromatic N) is 3. The standard InChI is InChI=1S/C23H32FN5O2/c1-16-8-6-12-29(15-16)13-7-11-25-14-20(30)26-23-21(17(2)27-28(23)3)22(31)18-9-4-5-10-19(18)24/h4-5,9-10,16,25H,6-8,11-15H2,1-3H3,(H,26,30). The van der Waals surface area contributed by atoms with E-state index in [1.165, 1.54) is 35.7 Å². The maximum absolute atomic E-state index is 14.1. The Morgan fingerprint density at radius 2 is 2.06 bits per heavy atom. The molecule has 1 aromatic carbocycles. The average Bonchev–Trinajstić information content (AvgIpc) is 3.00. The summed E-state index contributed by atoms with van der Waals surface area (Å²) in [4.78, 5) is 27.8. The Hall–Kier alpha value is -2.58. The number of nitrogens with one attached hydrogen (secondary N) is 2. The zero-order valence-corrected chi connectivity index (χ0v) is 18.6. The molecule has 0 radical (unpaired) electrons. The highest BCUT2D eigenvalue weighted by molar-refractivity contribution is 6.14. The highest BCUT2D eigenvalue weighted by Crippen LogP contribution is 2.23. The summed E-state index contributed by atoms with van der Waals surface area (Å²) in [6.45, 7) is 8.17. The summed E-state index contributed by atoms with van der Waals surface area (Å²) in [6.07, 6.45) is 3.54. The second-order valence-electron chi connectivity index (χ2n) is 8.37. The molecule has 1 aliphatic heterocycles. The summed E-state index contributed by atoms with van der Waals surface area (Å²) < 4.78 is 15.5. The van der Waals surface area contributed by atoms with E-state index in [-0.39, 0.29) is 29.4 Å². The fraction of sp³-hybridized carbons (Fsp3) is 0.522. The predicted octanol–water partition coefficient (Wildman–Crippen LogP) is 2.75. The first-order valence-electron chi connectivity index (χ1n) is 10.9. The largest absolute Gasteiger partial charge is 0.309 e. The van der Waals surface area contributed by atoms with Crippen molar-refractivity contribution in [1.29, 1.82) is 0 Å². The van der Waals surface area contributed by atoms with Crippen LogP contribution in [-0.4, -0.2) is 59.1 Å². The number of halogens is 1. The van der Waals surface area contributed by atoms with E-state index < -0.39 is 11.6 Å². The lowest BCUT2D eigenvalue weighted by Gasteiger charge is -2.30. The molecule has 7 nitrogen and oxygen atoms in total. The molecule has 1 atom stereocenters. The van der Waals surface area contributed by atoms with E-state index in [2.05, 4.69) is 27.6 Å². The number of aryl methyl sites for hydroxylation is 2. The molecule has 0 aliphatic carbocycles. The molecular formula is C23H32FN5O2. The SMILES string of the molecule is Cc1nn(C)c(NC(=O)CNCCCN2CCCC(C)C2)c1C(=O)c1ccccc1F. The molecule has 1 saturated heterocycles. The van der Waals surface area contributed by atoms with Crippen molar-refractivity contribution in [3.8, 4) is 0 Å². The van der Waals surface area contributed by atoms with Gasteiger partial charge in [-0.3, -0.25) is 14.3 Å².